The van der Waals surface area contributed by atoms with E-state index in [0.29, 0.717) is 23.4 Å². The molecular formula is C42H44N2O3. The number of carbonyl (C=O) groups excluding carboxylic acids is 1. The molecule has 240 valence electrons. The summed E-state index contributed by atoms with van der Waals surface area (Å²) in [6.07, 6.45) is 15.8. The van der Waals surface area contributed by atoms with Gasteiger partial charge in [0.15, 0.2) is 0 Å². The van der Waals surface area contributed by atoms with Crippen LogP contribution in [-0.2, 0) is 28.5 Å². The third kappa shape index (κ3) is 2.34. The van der Waals surface area contributed by atoms with Crippen molar-refractivity contribution in [2.24, 2.45) is 16.7 Å². The van der Waals surface area contributed by atoms with Gasteiger partial charge in [0.1, 0.15) is 29.5 Å². The van der Waals surface area contributed by atoms with Crippen molar-refractivity contribution in [1.29, 1.82) is 0 Å². The number of carbonyl (C=O) groups is 1. The summed E-state index contributed by atoms with van der Waals surface area (Å²) in [5.74, 6) is 2.75. The Bertz CT molecular complexity index is 2080. The van der Waals surface area contributed by atoms with Gasteiger partial charge in [-0.3, -0.25) is 14.6 Å². The summed E-state index contributed by atoms with van der Waals surface area (Å²) >= 11 is 0. The molecule has 5 heteroatoms. The predicted octanol–water partition coefficient (Wildman–Crippen LogP) is 6.07. The Morgan fingerprint density at radius 3 is 2.30 bits per heavy atom. The van der Waals surface area contributed by atoms with Crippen molar-refractivity contribution >= 4 is 5.78 Å². The van der Waals surface area contributed by atoms with E-state index in [1.54, 1.807) is 12.5 Å². The van der Waals surface area contributed by atoms with Crippen LogP contribution in [0.5, 0.6) is 11.5 Å². The zero-order chi connectivity index (χ0) is 32.0. The zero-order valence-corrected chi connectivity index (χ0v) is 28.7. The standard InChI is InChI=1S/C23H25NO2.C19H19NO/c1-12-5-6-14-9-22-11-23-16(14)17(12)26-19(23)20(3)7-8-21(23,18(22)24(22)4)10-15(20)13(2)25;1-10-4-6-12-8-18-9-19-13(16(18)20(18)3)7-5-11(2)17(19)21-15(10)14(12)19/h5-8,15,18-19H,9-11H2,1-4H3;4-7,16-17H,8-9H2,1-3H3/t15?,18-,19?,20?,21?,22?,23-,24?;16-,17?,18?,19-,20?/m00/s1. The second kappa shape index (κ2) is 7.23. The minimum Gasteiger partial charge on any atom is -0.488 e. The quantitative estimate of drug-likeness (QED) is 0.285. The number of allylic oxidation sites excluding steroid dienone is 2. The Hall–Kier alpha value is -3.15. The van der Waals surface area contributed by atoms with Gasteiger partial charge in [-0.2, -0.15) is 0 Å². The molecule has 6 bridgehead atoms. The Morgan fingerprint density at radius 2 is 1.55 bits per heavy atom. The number of piperidine rings is 2. The van der Waals surface area contributed by atoms with E-state index in [0.717, 1.165) is 18.6 Å². The maximum Gasteiger partial charge on any atom is 0.133 e. The van der Waals surface area contributed by atoms with Crippen LogP contribution in [0.4, 0.5) is 0 Å². The number of ether oxygens (including phenoxy) is 2. The Kier molecular flexibility index (Phi) is 4.12. The summed E-state index contributed by atoms with van der Waals surface area (Å²) in [7, 11) is 4.60. The normalized spacial score (nSPS) is 51.3. The highest BCUT2D eigenvalue weighted by Crippen LogP contribution is 2.84. The molecule has 9 unspecified atom stereocenters. The van der Waals surface area contributed by atoms with E-state index >= 15 is 0 Å². The van der Waals surface area contributed by atoms with Crippen LogP contribution in [0.25, 0.3) is 0 Å². The number of likely N-dealkylation sites (tertiary alicyclic amines) is 2. The Balaban J connectivity index is 0.000000113. The van der Waals surface area contributed by atoms with Crippen molar-refractivity contribution in [3.63, 3.8) is 0 Å². The van der Waals surface area contributed by atoms with E-state index in [-0.39, 0.29) is 45.3 Å². The fraction of sp³-hybridized carbons (Fsp3) is 0.548. The molecule has 0 amide bonds. The van der Waals surface area contributed by atoms with Crippen LogP contribution in [0.2, 0.25) is 0 Å². The van der Waals surface area contributed by atoms with Crippen molar-refractivity contribution < 1.29 is 14.3 Å². The van der Waals surface area contributed by atoms with Gasteiger partial charge >= 0.3 is 0 Å². The largest absolute Gasteiger partial charge is 0.488 e. The maximum atomic E-state index is 12.7. The summed E-state index contributed by atoms with van der Waals surface area (Å²) in [6.45, 7) is 10.7. The average Bonchev–Trinajstić information content (AvgIpc) is 3.46. The molecule has 47 heavy (non-hydrogen) atoms. The third-order valence-corrected chi connectivity index (χ3v) is 16.5. The first-order valence-corrected chi connectivity index (χ1v) is 18.1. The second-order valence-electron chi connectivity index (χ2n) is 18.0. The molecule has 2 aromatic carbocycles. The summed E-state index contributed by atoms with van der Waals surface area (Å²) in [6, 6.07) is 10.4. The number of Topliss-reactive ketones (excluding diaryl/α,β-unsaturated/α-hetero) is 1. The molecule has 2 saturated heterocycles. The lowest BCUT2D eigenvalue weighted by atomic mass is 9.40. The number of aryl methyl sites for hydroxylation is 2. The molecule has 4 heterocycles. The van der Waals surface area contributed by atoms with Crippen LogP contribution < -0.4 is 9.47 Å². The van der Waals surface area contributed by atoms with Crippen molar-refractivity contribution in [3.05, 3.63) is 93.1 Å². The molecule has 4 aliphatic heterocycles. The van der Waals surface area contributed by atoms with Gasteiger partial charge in [-0.1, -0.05) is 55.5 Å². The summed E-state index contributed by atoms with van der Waals surface area (Å²) in [5, 5.41) is 0. The summed E-state index contributed by atoms with van der Waals surface area (Å²) in [5.41, 5.74) is 12.5. The Morgan fingerprint density at radius 1 is 0.851 bits per heavy atom. The van der Waals surface area contributed by atoms with Crippen LogP contribution in [0, 0.1) is 30.6 Å². The molecule has 5 fully saturated rings. The molecular weight excluding hydrogens is 580 g/mol. The fourth-order valence-corrected chi connectivity index (χ4v) is 14.8. The Labute approximate surface area is 277 Å². The smallest absolute Gasteiger partial charge is 0.133 e. The van der Waals surface area contributed by atoms with Gasteiger partial charge in [-0.05, 0) is 107 Å². The van der Waals surface area contributed by atoms with E-state index in [2.05, 4.69) is 100 Å². The first-order chi connectivity index (χ1) is 22.4. The van der Waals surface area contributed by atoms with E-state index in [1.165, 1.54) is 64.0 Å². The predicted molar refractivity (Wildman–Crippen MR) is 180 cm³/mol. The van der Waals surface area contributed by atoms with Gasteiger partial charge in [0.05, 0.1) is 11.5 Å². The molecule has 5 spiro atoms. The van der Waals surface area contributed by atoms with E-state index in [9.17, 15) is 4.79 Å². The van der Waals surface area contributed by atoms with Crippen molar-refractivity contribution in [2.75, 3.05) is 14.1 Å². The lowest BCUT2D eigenvalue weighted by Gasteiger charge is -2.63. The molecule has 2 aromatic rings. The highest BCUT2D eigenvalue weighted by Gasteiger charge is 2.89. The van der Waals surface area contributed by atoms with E-state index < -0.39 is 0 Å². The van der Waals surface area contributed by atoms with Gasteiger partial charge in [0, 0.05) is 50.4 Å². The van der Waals surface area contributed by atoms with Gasteiger partial charge in [-0.25, -0.2) is 0 Å². The summed E-state index contributed by atoms with van der Waals surface area (Å²) < 4.78 is 13.4. The van der Waals surface area contributed by atoms with E-state index in [1.807, 2.05) is 0 Å². The highest BCUT2D eigenvalue weighted by molar-refractivity contribution is 5.82. The maximum absolute atomic E-state index is 12.7. The number of hydrogen-bond acceptors (Lipinski definition) is 5. The van der Waals surface area contributed by atoms with Crippen molar-refractivity contribution in [3.8, 4) is 11.5 Å². The number of ketones is 1. The lowest BCUT2D eigenvalue weighted by Crippen LogP contribution is -2.68. The first kappa shape index (κ1) is 26.8. The highest BCUT2D eigenvalue weighted by atomic mass is 16.5. The number of likely N-dealkylation sites (N-methyl/N-ethyl adjacent to an activating group) is 2. The van der Waals surface area contributed by atoms with Gasteiger partial charge in [0.25, 0.3) is 0 Å². The number of benzene rings is 2. The molecule has 14 rings (SSSR count). The van der Waals surface area contributed by atoms with Gasteiger partial charge in [-0.15, -0.1) is 0 Å². The van der Waals surface area contributed by atoms with Crippen LogP contribution in [-0.4, -0.2) is 65.0 Å². The molecule has 0 N–H and O–H groups in total. The van der Waals surface area contributed by atoms with Crippen molar-refractivity contribution in [2.45, 2.75) is 113 Å². The van der Waals surface area contributed by atoms with Gasteiger partial charge in [0.2, 0.25) is 0 Å². The topological polar surface area (TPSA) is 41.5 Å². The lowest BCUT2D eigenvalue weighted by molar-refractivity contribution is -0.144. The monoisotopic (exact) mass is 624 g/mol. The summed E-state index contributed by atoms with van der Waals surface area (Å²) in [4.78, 5) is 17.9. The molecule has 0 aromatic heterocycles. The first-order valence-electron chi connectivity index (χ1n) is 18.1. The molecule has 0 radical (unpaired) electrons. The van der Waals surface area contributed by atoms with Crippen molar-refractivity contribution in [1.82, 2.24) is 9.80 Å². The molecule has 8 aliphatic carbocycles. The minimum absolute atomic E-state index is 0.0603. The minimum atomic E-state index is -0.190. The van der Waals surface area contributed by atoms with Crippen LogP contribution in [0.1, 0.15) is 73.4 Å². The molecule has 3 saturated carbocycles. The van der Waals surface area contributed by atoms with Crippen LogP contribution in [0.15, 0.2) is 59.7 Å². The van der Waals surface area contributed by atoms with Crippen LogP contribution >= 0.6 is 0 Å². The molecule has 5 nitrogen and oxygen atoms in total. The second-order valence-corrected chi connectivity index (χ2v) is 18.0. The fourth-order valence-electron chi connectivity index (χ4n) is 14.8. The van der Waals surface area contributed by atoms with E-state index in [4.69, 9.17) is 9.47 Å². The average molecular weight is 625 g/mol. The molecule has 13 atom stereocenters. The number of hydrogen-bond donors (Lipinski definition) is 0. The zero-order valence-electron chi connectivity index (χ0n) is 28.7. The number of rotatable bonds is 1. The third-order valence-electron chi connectivity index (χ3n) is 16.5. The number of nitrogens with zero attached hydrogens (tertiary/aromatic N) is 2. The SMILES string of the molecule is CC(=O)C1CC23C=CC1(C)C1Oc4c(C)ccc5c4[C@@]12CC1(C5)[C@H]3N1C.CC1=CC=C2[C@@H]3N(C)C34Cc3ccc(C)c5c3[C@@]2(C4)C1O5. The van der Waals surface area contributed by atoms with Gasteiger partial charge < -0.3 is 9.47 Å². The molecule has 12 aliphatic rings. The number of fused-ring (bicyclic) bond motifs is 2. The van der Waals surface area contributed by atoms with Crippen LogP contribution in [0.3, 0.4) is 0 Å².